The van der Waals surface area contributed by atoms with Crippen LogP contribution >= 0.6 is 11.7 Å². The number of benzene rings is 1. The van der Waals surface area contributed by atoms with Crippen LogP contribution in [-0.4, -0.2) is 21.9 Å². The van der Waals surface area contributed by atoms with Crippen LogP contribution in [0.2, 0.25) is 0 Å². The van der Waals surface area contributed by atoms with Crippen molar-refractivity contribution in [3.05, 3.63) is 41.7 Å². The molecule has 2 aromatic rings. The highest BCUT2D eigenvalue weighted by molar-refractivity contribution is 6.99. The lowest BCUT2D eigenvalue weighted by Gasteiger charge is -2.16. The average Bonchev–Trinajstić information content (AvgIpc) is 2.90. The van der Waals surface area contributed by atoms with Crippen LogP contribution in [0, 0.1) is 0 Å². The Morgan fingerprint density at radius 2 is 2.28 bits per heavy atom. The second-order valence-corrected chi connectivity index (χ2v) is 4.39. The van der Waals surface area contributed by atoms with Crippen molar-refractivity contribution in [2.75, 3.05) is 13.2 Å². The molecular formula is C13H17N3OS. The Hall–Kier alpha value is -1.46. The molecule has 0 fully saturated rings. The minimum absolute atomic E-state index is 0.0779. The zero-order chi connectivity index (χ0) is 12.8. The molecule has 1 aromatic carbocycles. The molecule has 0 aliphatic carbocycles. The van der Waals surface area contributed by atoms with Gasteiger partial charge >= 0.3 is 0 Å². The second-order valence-electron chi connectivity index (χ2n) is 3.83. The summed E-state index contributed by atoms with van der Waals surface area (Å²) in [4.78, 5) is 0. The van der Waals surface area contributed by atoms with E-state index in [2.05, 4.69) is 33.1 Å². The molecule has 18 heavy (non-hydrogen) atoms. The van der Waals surface area contributed by atoms with Gasteiger partial charge in [-0.15, -0.1) is 0 Å². The molecule has 0 aliphatic rings. The monoisotopic (exact) mass is 263 g/mol. The van der Waals surface area contributed by atoms with Crippen LogP contribution in [0.25, 0.3) is 0 Å². The van der Waals surface area contributed by atoms with E-state index in [1.54, 1.807) is 0 Å². The van der Waals surface area contributed by atoms with Gasteiger partial charge in [-0.1, -0.05) is 19.1 Å². The smallest absolute Gasteiger partial charge is 0.119 e. The third kappa shape index (κ3) is 3.05. The molecule has 2 rings (SSSR count). The molecule has 96 valence electrons. The fourth-order valence-corrected chi connectivity index (χ4v) is 2.30. The zero-order valence-corrected chi connectivity index (χ0v) is 11.4. The molecule has 0 amide bonds. The maximum absolute atomic E-state index is 5.53. The van der Waals surface area contributed by atoms with Crippen molar-refractivity contribution in [1.82, 2.24) is 14.1 Å². The SMILES string of the molecule is CCNC(c1cccc(OCC)c1)c1cnsn1. The van der Waals surface area contributed by atoms with E-state index in [0.29, 0.717) is 6.61 Å². The highest BCUT2D eigenvalue weighted by Gasteiger charge is 2.16. The van der Waals surface area contributed by atoms with Gasteiger partial charge in [0.25, 0.3) is 0 Å². The fraction of sp³-hybridized carbons (Fsp3) is 0.385. The molecular weight excluding hydrogens is 246 g/mol. The topological polar surface area (TPSA) is 47.0 Å². The van der Waals surface area contributed by atoms with Crippen molar-refractivity contribution >= 4 is 11.7 Å². The second kappa shape index (κ2) is 6.47. The lowest BCUT2D eigenvalue weighted by molar-refractivity contribution is 0.339. The van der Waals surface area contributed by atoms with Crippen molar-refractivity contribution in [3.8, 4) is 5.75 Å². The van der Waals surface area contributed by atoms with Gasteiger partial charge in [-0.2, -0.15) is 8.75 Å². The van der Waals surface area contributed by atoms with Crippen LogP contribution < -0.4 is 10.1 Å². The summed E-state index contributed by atoms with van der Waals surface area (Å²) < 4.78 is 13.9. The van der Waals surface area contributed by atoms with Crippen LogP contribution in [0.1, 0.15) is 31.1 Å². The molecule has 0 bridgehead atoms. The van der Waals surface area contributed by atoms with E-state index < -0.39 is 0 Å². The average molecular weight is 263 g/mol. The number of nitrogens with zero attached hydrogens (tertiary/aromatic N) is 2. The summed E-state index contributed by atoms with van der Waals surface area (Å²) in [5.74, 6) is 0.890. The van der Waals surface area contributed by atoms with Crippen LogP contribution in [-0.2, 0) is 0 Å². The van der Waals surface area contributed by atoms with Gasteiger partial charge in [0.15, 0.2) is 0 Å². The quantitative estimate of drug-likeness (QED) is 0.870. The summed E-state index contributed by atoms with van der Waals surface area (Å²) in [5, 5.41) is 3.42. The first-order valence-electron chi connectivity index (χ1n) is 6.08. The Labute approximate surface area is 111 Å². The number of rotatable bonds is 6. The maximum atomic E-state index is 5.53. The number of hydrogen-bond acceptors (Lipinski definition) is 5. The Bertz CT molecular complexity index is 473. The number of hydrogen-bond donors (Lipinski definition) is 1. The van der Waals surface area contributed by atoms with Crippen LogP contribution in [0.15, 0.2) is 30.5 Å². The zero-order valence-electron chi connectivity index (χ0n) is 10.6. The fourth-order valence-electron chi connectivity index (χ4n) is 1.85. The Morgan fingerprint density at radius 1 is 1.39 bits per heavy atom. The summed E-state index contributed by atoms with van der Waals surface area (Å²) in [6.45, 7) is 5.62. The standard InChI is InChI=1S/C13H17N3OS/c1-3-14-13(12-9-15-18-16-12)10-6-5-7-11(8-10)17-4-2/h5-9,13-14H,3-4H2,1-2H3. The van der Waals surface area contributed by atoms with Crippen LogP contribution in [0.3, 0.4) is 0 Å². The van der Waals surface area contributed by atoms with Crippen LogP contribution in [0.5, 0.6) is 5.75 Å². The first-order chi connectivity index (χ1) is 8.85. The van der Waals surface area contributed by atoms with E-state index in [-0.39, 0.29) is 6.04 Å². The Kier molecular flexibility index (Phi) is 4.66. The largest absolute Gasteiger partial charge is 0.494 e. The Balaban J connectivity index is 2.27. The summed E-state index contributed by atoms with van der Waals surface area (Å²) in [5.41, 5.74) is 2.10. The summed E-state index contributed by atoms with van der Waals surface area (Å²) in [6, 6.07) is 8.18. The molecule has 1 N–H and O–H groups in total. The van der Waals surface area contributed by atoms with Gasteiger partial charge in [0, 0.05) is 0 Å². The van der Waals surface area contributed by atoms with Crippen LogP contribution in [0.4, 0.5) is 0 Å². The van der Waals surface area contributed by atoms with Gasteiger partial charge in [-0.05, 0) is 31.2 Å². The predicted molar refractivity (Wildman–Crippen MR) is 73.0 cm³/mol. The van der Waals surface area contributed by atoms with E-state index in [1.807, 2.05) is 25.3 Å². The number of nitrogens with one attached hydrogen (secondary N) is 1. The molecule has 4 nitrogen and oxygen atoms in total. The van der Waals surface area contributed by atoms with Gasteiger partial charge < -0.3 is 10.1 Å². The minimum atomic E-state index is 0.0779. The number of ether oxygens (including phenoxy) is 1. The van der Waals surface area contributed by atoms with Gasteiger partial charge in [-0.25, -0.2) is 0 Å². The molecule has 5 heteroatoms. The lowest BCUT2D eigenvalue weighted by Crippen LogP contribution is -2.22. The maximum Gasteiger partial charge on any atom is 0.119 e. The van der Waals surface area contributed by atoms with Crippen molar-refractivity contribution in [3.63, 3.8) is 0 Å². The van der Waals surface area contributed by atoms with E-state index in [1.165, 1.54) is 11.7 Å². The molecule has 1 unspecified atom stereocenters. The van der Waals surface area contributed by atoms with Crippen molar-refractivity contribution < 1.29 is 4.74 Å². The third-order valence-electron chi connectivity index (χ3n) is 2.58. The lowest BCUT2D eigenvalue weighted by atomic mass is 10.0. The molecule has 1 atom stereocenters. The molecule has 1 heterocycles. The van der Waals surface area contributed by atoms with Gasteiger partial charge in [0.1, 0.15) is 5.75 Å². The number of aromatic nitrogens is 2. The predicted octanol–water partition coefficient (Wildman–Crippen LogP) is 2.64. The minimum Gasteiger partial charge on any atom is -0.494 e. The molecule has 0 saturated carbocycles. The molecule has 0 radical (unpaired) electrons. The molecule has 1 aromatic heterocycles. The first kappa shape index (κ1) is 13.0. The molecule has 0 aliphatic heterocycles. The Morgan fingerprint density at radius 3 is 2.94 bits per heavy atom. The summed E-state index contributed by atoms with van der Waals surface area (Å²) in [6.07, 6.45) is 1.81. The molecule has 0 spiro atoms. The summed E-state index contributed by atoms with van der Waals surface area (Å²) >= 11 is 1.23. The summed E-state index contributed by atoms with van der Waals surface area (Å²) in [7, 11) is 0. The van der Waals surface area contributed by atoms with E-state index in [0.717, 1.165) is 23.6 Å². The van der Waals surface area contributed by atoms with E-state index in [4.69, 9.17) is 4.74 Å². The van der Waals surface area contributed by atoms with Crippen molar-refractivity contribution in [2.45, 2.75) is 19.9 Å². The van der Waals surface area contributed by atoms with E-state index in [9.17, 15) is 0 Å². The van der Waals surface area contributed by atoms with Gasteiger partial charge in [0.2, 0.25) is 0 Å². The van der Waals surface area contributed by atoms with Gasteiger partial charge in [0.05, 0.1) is 36.3 Å². The normalized spacial score (nSPS) is 12.3. The highest BCUT2D eigenvalue weighted by atomic mass is 32.1. The van der Waals surface area contributed by atoms with E-state index >= 15 is 0 Å². The van der Waals surface area contributed by atoms with Gasteiger partial charge in [-0.3, -0.25) is 0 Å². The third-order valence-corrected chi connectivity index (χ3v) is 3.08. The molecule has 0 saturated heterocycles. The highest BCUT2D eigenvalue weighted by Crippen LogP contribution is 2.24. The van der Waals surface area contributed by atoms with Crippen molar-refractivity contribution in [1.29, 1.82) is 0 Å². The van der Waals surface area contributed by atoms with Crippen molar-refractivity contribution in [2.24, 2.45) is 0 Å². The first-order valence-corrected chi connectivity index (χ1v) is 6.81.